The second kappa shape index (κ2) is 9.39. The van der Waals surface area contributed by atoms with Crippen molar-refractivity contribution in [2.24, 2.45) is 0 Å². The Morgan fingerprint density at radius 2 is 2.06 bits per heavy atom. The molecule has 0 fully saturated rings. The standard InChI is InChI=1S/C12H26N2O3/c1-5-17-9-8-14(4)7-6-11(12(15)16)13-10(2)3/h10-11,13H,5-9H2,1-4H3,(H,15,16). The Kier molecular flexibility index (Phi) is 9.03. The molecule has 0 aliphatic heterocycles. The number of nitrogens with zero attached hydrogens (tertiary/aromatic N) is 1. The van der Waals surface area contributed by atoms with Crippen LogP contribution < -0.4 is 5.32 Å². The number of carboxylic acids is 1. The molecule has 0 spiro atoms. The molecule has 0 aromatic rings. The molecular weight excluding hydrogens is 220 g/mol. The smallest absolute Gasteiger partial charge is 0.320 e. The third kappa shape index (κ3) is 9.09. The monoisotopic (exact) mass is 246 g/mol. The van der Waals surface area contributed by atoms with Gasteiger partial charge in [-0.05, 0) is 26.9 Å². The number of rotatable bonds is 10. The van der Waals surface area contributed by atoms with Crippen LogP contribution in [0.4, 0.5) is 0 Å². The van der Waals surface area contributed by atoms with Crippen LogP contribution in [0.3, 0.4) is 0 Å². The molecule has 0 radical (unpaired) electrons. The number of carboxylic acid groups (broad SMARTS) is 1. The van der Waals surface area contributed by atoms with Crippen LogP contribution in [0.25, 0.3) is 0 Å². The molecule has 0 aromatic heterocycles. The number of nitrogens with one attached hydrogen (secondary N) is 1. The van der Waals surface area contributed by atoms with Crippen LogP contribution in [0.2, 0.25) is 0 Å². The van der Waals surface area contributed by atoms with Crippen molar-refractivity contribution in [3.63, 3.8) is 0 Å². The summed E-state index contributed by atoms with van der Waals surface area (Å²) in [6, 6.07) is -0.283. The minimum Gasteiger partial charge on any atom is -0.480 e. The summed E-state index contributed by atoms with van der Waals surface area (Å²) in [6.45, 7) is 8.88. The molecule has 5 heteroatoms. The first-order valence-electron chi connectivity index (χ1n) is 6.22. The van der Waals surface area contributed by atoms with Crippen LogP contribution in [0.5, 0.6) is 0 Å². The lowest BCUT2D eigenvalue weighted by Crippen LogP contribution is -2.43. The molecule has 0 rings (SSSR count). The number of ether oxygens (including phenoxy) is 1. The Morgan fingerprint density at radius 3 is 2.53 bits per heavy atom. The maximum atomic E-state index is 11.0. The molecule has 0 aliphatic rings. The predicted molar refractivity (Wildman–Crippen MR) is 68.3 cm³/mol. The Morgan fingerprint density at radius 1 is 1.41 bits per heavy atom. The molecule has 102 valence electrons. The number of hydrogen-bond acceptors (Lipinski definition) is 4. The van der Waals surface area contributed by atoms with Crippen molar-refractivity contribution in [3.05, 3.63) is 0 Å². The first-order valence-corrected chi connectivity index (χ1v) is 6.22. The SMILES string of the molecule is CCOCCN(C)CCC(NC(C)C)C(=O)O. The van der Waals surface area contributed by atoms with Gasteiger partial charge in [-0.3, -0.25) is 4.79 Å². The molecule has 0 heterocycles. The van der Waals surface area contributed by atoms with Crippen molar-refractivity contribution in [1.29, 1.82) is 0 Å². The summed E-state index contributed by atoms with van der Waals surface area (Å²) in [6.07, 6.45) is 0.607. The van der Waals surface area contributed by atoms with Gasteiger partial charge >= 0.3 is 5.97 Å². The van der Waals surface area contributed by atoms with Gasteiger partial charge in [0.15, 0.2) is 0 Å². The van der Waals surface area contributed by atoms with E-state index in [1.165, 1.54) is 0 Å². The molecule has 1 unspecified atom stereocenters. The van der Waals surface area contributed by atoms with Crippen LogP contribution in [0.15, 0.2) is 0 Å². The average molecular weight is 246 g/mol. The predicted octanol–water partition coefficient (Wildman–Crippen LogP) is 0.796. The van der Waals surface area contributed by atoms with Crippen LogP contribution in [0, 0.1) is 0 Å². The second-order valence-corrected chi connectivity index (χ2v) is 4.50. The maximum absolute atomic E-state index is 11.0. The van der Waals surface area contributed by atoms with E-state index in [1.54, 1.807) is 0 Å². The highest BCUT2D eigenvalue weighted by Crippen LogP contribution is 1.97. The van der Waals surface area contributed by atoms with Crippen LogP contribution >= 0.6 is 0 Å². The van der Waals surface area contributed by atoms with E-state index >= 15 is 0 Å². The van der Waals surface area contributed by atoms with Gasteiger partial charge in [-0.15, -0.1) is 0 Å². The van der Waals surface area contributed by atoms with E-state index in [2.05, 4.69) is 10.2 Å². The molecule has 2 N–H and O–H groups in total. The molecule has 17 heavy (non-hydrogen) atoms. The van der Waals surface area contributed by atoms with E-state index in [1.807, 2.05) is 27.8 Å². The number of carbonyl (C=O) groups is 1. The lowest BCUT2D eigenvalue weighted by Gasteiger charge is -2.21. The Labute approximate surface area is 104 Å². The van der Waals surface area contributed by atoms with Gasteiger partial charge in [0.05, 0.1) is 6.61 Å². The molecule has 5 nitrogen and oxygen atoms in total. The van der Waals surface area contributed by atoms with Gasteiger partial charge in [0.1, 0.15) is 6.04 Å². The van der Waals surface area contributed by atoms with Gasteiger partial charge in [0.25, 0.3) is 0 Å². The van der Waals surface area contributed by atoms with Gasteiger partial charge in [-0.25, -0.2) is 0 Å². The summed E-state index contributed by atoms with van der Waals surface area (Å²) < 4.78 is 5.25. The van der Waals surface area contributed by atoms with Gasteiger partial charge < -0.3 is 20.1 Å². The van der Waals surface area contributed by atoms with Crippen LogP contribution in [-0.4, -0.2) is 61.4 Å². The molecule has 0 saturated heterocycles. The number of aliphatic carboxylic acids is 1. The average Bonchev–Trinajstić information content (AvgIpc) is 2.23. The van der Waals surface area contributed by atoms with Gasteiger partial charge in [-0.1, -0.05) is 13.8 Å². The largest absolute Gasteiger partial charge is 0.480 e. The Bertz CT molecular complexity index is 210. The van der Waals surface area contributed by atoms with Crippen molar-refractivity contribution in [2.75, 3.05) is 33.4 Å². The highest BCUT2D eigenvalue weighted by atomic mass is 16.5. The van der Waals surface area contributed by atoms with E-state index in [0.29, 0.717) is 13.0 Å². The highest BCUT2D eigenvalue weighted by Gasteiger charge is 2.18. The highest BCUT2D eigenvalue weighted by molar-refractivity contribution is 5.73. The Hall–Kier alpha value is -0.650. The van der Waals surface area contributed by atoms with Crippen LogP contribution in [0.1, 0.15) is 27.2 Å². The van der Waals surface area contributed by atoms with Crippen molar-refractivity contribution in [3.8, 4) is 0 Å². The minimum absolute atomic E-state index is 0.185. The molecular formula is C12H26N2O3. The van der Waals surface area contributed by atoms with E-state index in [9.17, 15) is 4.79 Å². The first-order chi connectivity index (χ1) is 7.97. The summed E-state index contributed by atoms with van der Waals surface area (Å²) in [7, 11) is 1.98. The summed E-state index contributed by atoms with van der Waals surface area (Å²) in [5.74, 6) is -0.781. The maximum Gasteiger partial charge on any atom is 0.320 e. The minimum atomic E-state index is -0.781. The zero-order valence-electron chi connectivity index (χ0n) is 11.4. The normalized spacial score (nSPS) is 13.3. The van der Waals surface area contributed by atoms with E-state index in [-0.39, 0.29) is 6.04 Å². The summed E-state index contributed by atoms with van der Waals surface area (Å²) in [4.78, 5) is 13.1. The Balaban J connectivity index is 3.83. The van der Waals surface area contributed by atoms with Gasteiger partial charge in [-0.2, -0.15) is 0 Å². The quantitative estimate of drug-likeness (QED) is 0.558. The van der Waals surface area contributed by atoms with E-state index in [0.717, 1.165) is 19.7 Å². The van der Waals surface area contributed by atoms with Crippen molar-refractivity contribution in [2.45, 2.75) is 39.3 Å². The number of likely N-dealkylation sites (N-methyl/N-ethyl adjacent to an activating group) is 1. The number of hydrogen-bond donors (Lipinski definition) is 2. The van der Waals surface area contributed by atoms with Crippen molar-refractivity contribution >= 4 is 5.97 Å². The fourth-order valence-corrected chi connectivity index (χ4v) is 1.51. The summed E-state index contributed by atoms with van der Waals surface area (Å²) in [5.41, 5.74) is 0. The molecule has 0 saturated carbocycles. The zero-order chi connectivity index (χ0) is 13.3. The first kappa shape index (κ1) is 16.4. The third-order valence-electron chi connectivity index (χ3n) is 2.45. The molecule has 0 aromatic carbocycles. The zero-order valence-corrected chi connectivity index (χ0v) is 11.4. The topological polar surface area (TPSA) is 61.8 Å². The molecule has 0 bridgehead atoms. The third-order valence-corrected chi connectivity index (χ3v) is 2.45. The van der Waals surface area contributed by atoms with Gasteiger partial charge in [0.2, 0.25) is 0 Å². The lowest BCUT2D eigenvalue weighted by atomic mass is 10.2. The fraction of sp³-hybridized carbons (Fsp3) is 0.917. The van der Waals surface area contributed by atoms with Crippen molar-refractivity contribution in [1.82, 2.24) is 10.2 Å². The summed E-state index contributed by atoms with van der Waals surface area (Å²) in [5, 5.41) is 12.1. The summed E-state index contributed by atoms with van der Waals surface area (Å²) >= 11 is 0. The van der Waals surface area contributed by atoms with Crippen LogP contribution in [-0.2, 0) is 9.53 Å². The van der Waals surface area contributed by atoms with E-state index in [4.69, 9.17) is 9.84 Å². The van der Waals surface area contributed by atoms with Crippen molar-refractivity contribution < 1.29 is 14.6 Å². The molecule has 0 amide bonds. The fourth-order valence-electron chi connectivity index (χ4n) is 1.51. The lowest BCUT2D eigenvalue weighted by molar-refractivity contribution is -0.139. The van der Waals surface area contributed by atoms with Gasteiger partial charge in [0, 0.05) is 19.2 Å². The molecule has 0 aliphatic carbocycles. The second-order valence-electron chi connectivity index (χ2n) is 4.50. The molecule has 1 atom stereocenters. The van der Waals surface area contributed by atoms with E-state index < -0.39 is 12.0 Å².